The molecule has 0 aliphatic rings. The van der Waals surface area contributed by atoms with E-state index >= 15 is 0 Å². The molecule has 8 heteroatoms. The topological polar surface area (TPSA) is 119 Å². The highest BCUT2D eigenvalue weighted by Crippen LogP contribution is 2.19. The van der Waals surface area contributed by atoms with Gasteiger partial charge < -0.3 is 15.6 Å². The minimum Gasteiger partial charge on any atom is -0.388 e. The van der Waals surface area contributed by atoms with Gasteiger partial charge in [-0.1, -0.05) is 19.1 Å². The summed E-state index contributed by atoms with van der Waals surface area (Å²) in [6.45, 7) is 1.62. The number of carbonyl (C=O) groups excluding carboxylic acids is 1. The Balaban J connectivity index is 2.64. The molecule has 118 valence electrons. The van der Waals surface area contributed by atoms with Crippen LogP contribution in [0.5, 0.6) is 0 Å². The Morgan fingerprint density at radius 3 is 2.81 bits per heavy atom. The normalized spacial score (nSPS) is 13.0. The Kier molecular flexibility index (Phi) is 6.76. The van der Waals surface area contributed by atoms with Crippen molar-refractivity contribution in [1.82, 2.24) is 4.72 Å². The summed E-state index contributed by atoms with van der Waals surface area (Å²) in [5.41, 5.74) is 5.43. The van der Waals surface area contributed by atoms with Crippen LogP contribution < -0.4 is 10.5 Å². The lowest BCUT2D eigenvalue weighted by Crippen LogP contribution is -2.29. The first-order valence-corrected chi connectivity index (χ1v) is 7.99. The van der Waals surface area contributed by atoms with E-state index in [9.17, 15) is 18.3 Å². The van der Waals surface area contributed by atoms with Gasteiger partial charge in [-0.25, -0.2) is 13.1 Å². The Labute approximate surface area is 124 Å². The monoisotopic (exact) mass is 316 g/mol. The van der Waals surface area contributed by atoms with Gasteiger partial charge in [0.25, 0.3) is 0 Å². The van der Waals surface area contributed by atoms with Crippen molar-refractivity contribution < 1.29 is 23.1 Å². The molecule has 1 rings (SSSR count). The number of amides is 1. The molecule has 7 nitrogen and oxygen atoms in total. The highest BCUT2D eigenvalue weighted by molar-refractivity contribution is 7.89. The number of rotatable bonds is 9. The van der Waals surface area contributed by atoms with Crippen LogP contribution in [0.4, 0.5) is 0 Å². The Morgan fingerprint density at radius 1 is 1.48 bits per heavy atom. The molecule has 0 aliphatic carbocycles. The largest absolute Gasteiger partial charge is 0.388 e. The van der Waals surface area contributed by atoms with Gasteiger partial charge in [-0.2, -0.15) is 0 Å². The van der Waals surface area contributed by atoms with E-state index in [0.717, 1.165) is 0 Å². The number of hydrogen-bond acceptors (Lipinski definition) is 5. The number of benzene rings is 1. The maximum Gasteiger partial charge on any atom is 0.243 e. The minimum absolute atomic E-state index is 0.0240. The van der Waals surface area contributed by atoms with Crippen molar-refractivity contribution in [1.29, 1.82) is 0 Å². The van der Waals surface area contributed by atoms with Crippen LogP contribution in [0.15, 0.2) is 29.2 Å². The molecule has 1 aromatic carbocycles. The maximum atomic E-state index is 12.1. The Bertz CT molecular complexity index is 574. The van der Waals surface area contributed by atoms with Gasteiger partial charge in [0.2, 0.25) is 15.9 Å². The summed E-state index contributed by atoms with van der Waals surface area (Å²) in [4.78, 5) is 10.5. The van der Waals surface area contributed by atoms with E-state index < -0.39 is 22.0 Å². The second-order valence-electron chi connectivity index (χ2n) is 4.41. The van der Waals surface area contributed by atoms with Crippen molar-refractivity contribution in [3.8, 4) is 0 Å². The number of aliphatic hydroxyl groups is 1. The van der Waals surface area contributed by atoms with Gasteiger partial charge >= 0.3 is 0 Å². The third-order valence-corrected chi connectivity index (χ3v) is 4.18. The molecule has 4 N–H and O–H groups in total. The van der Waals surface area contributed by atoms with Crippen LogP contribution in [0.3, 0.4) is 0 Å². The summed E-state index contributed by atoms with van der Waals surface area (Å²) < 4.78 is 31.3. The molecule has 0 aromatic heterocycles. The lowest BCUT2D eigenvalue weighted by Gasteiger charge is -2.11. The second kappa shape index (κ2) is 8.08. The standard InChI is InChI=1S/C13H20N2O5S/c1-2-12(16)10-4-3-5-11(8-10)21(18,19)15-6-7-20-9-13(14)17/h3-5,8,12,15-16H,2,6-7,9H2,1H3,(H2,14,17). The Hall–Kier alpha value is -1.48. The smallest absolute Gasteiger partial charge is 0.243 e. The van der Waals surface area contributed by atoms with Gasteiger partial charge in [-0.3, -0.25) is 4.79 Å². The average Bonchev–Trinajstić information content (AvgIpc) is 2.45. The van der Waals surface area contributed by atoms with Gasteiger partial charge in [0.15, 0.2) is 0 Å². The van der Waals surface area contributed by atoms with Crippen molar-refractivity contribution >= 4 is 15.9 Å². The Morgan fingerprint density at radius 2 is 2.19 bits per heavy atom. The molecule has 0 aliphatic heterocycles. The van der Waals surface area contributed by atoms with Gasteiger partial charge in [-0.05, 0) is 24.1 Å². The molecular weight excluding hydrogens is 296 g/mol. The van der Waals surface area contributed by atoms with Gasteiger partial charge in [0.05, 0.1) is 17.6 Å². The first-order valence-electron chi connectivity index (χ1n) is 6.50. The molecule has 0 spiro atoms. The fourth-order valence-electron chi connectivity index (χ4n) is 1.63. The fraction of sp³-hybridized carbons (Fsp3) is 0.462. The number of sulfonamides is 1. The molecule has 0 saturated heterocycles. The number of ether oxygens (including phenoxy) is 1. The number of carbonyl (C=O) groups is 1. The molecule has 1 unspecified atom stereocenters. The maximum absolute atomic E-state index is 12.1. The van der Waals surface area contributed by atoms with E-state index in [4.69, 9.17) is 10.5 Å². The van der Waals surface area contributed by atoms with Crippen molar-refractivity contribution in [2.24, 2.45) is 5.73 Å². The highest BCUT2D eigenvalue weighted by Gasteiger charge is 2.15. The van der Waals surface area contributed by atoms with Crippen molar-refractivity contribution in [3.05, 3.63) is 29.8 Å². The number of primary amides is 1. The predicted molar refractivity (Wildman–Crippen MR) is 76.9 cm³/mol. The molecule has 1 amide bonds. The number of nitrogens with one attached hydrogen (secondary N) is 1. The van der Waals surface area contributed by atoms with Gasteiger partial charge in [0.1, 0.15) is 6.61 Å². The predicted octanol–water partition coefficient (Wildman–Crippen LogP) is -0.0898. The number of aliphatic hydroxyl groups excluding tert-OH is 1. The molecule has 21 heavy (non-hydrogen) atoms. The zero-order valence-corrected chi connectivity index (χ0v) is 12.6. The SMILES string of the molecule is CCC(O)c1cccc(S(=O)(=O)NCCOCC(N)=O)c1. The molecule has 0 heterocycles. The van der Waals surface area contributed by atoms with Crippen molar-refractivity contribution in [3.63, 3.8) is 0 Å². The van der Waals surface area contributed by atoms with Crippen LogP contribution in [-0.4, -0.2) is 39.2 Å². The molecule has 0 saturated carbocycles. The minimum atomic E-state index is -3.68. The molecule has 1 aromatic rings. The van der Waals surface area contributed by atoms with E-state index in [0.29, 0.717) is 12.0 Å². The first kappa shape index (κ1) is 17.6. The summed E-state index contributed by atoms with van der Waals surface area (Å²) in [6.07, 6.45) is -0.197. The van der Waals surface area contributed by atoms with E-state index in [1.807, 2.05) is 0 Å². The first-order chi connectivity index (χ1) is 9.86. The summed E-state index contributed by atoms with van der Waals surface area (Å²) in [7, 11) is -3.68. The van der Waals surface area contributed by atoms with Crippen LogP contribution in [0.1, 0.15) is 25.0 Å². The van der Waals surface area contributed by atoms with Gasteiger partial charge in [-0.15, -0.1) is 0 Å². The van der Waals surface area contributed by atoms with E-state index in [-0.39, 0.29) is 24.7 Å². The third-order valence-electron chi connectivity index (χ3n) is 2.72. The van der Waals surface area contributed by atoms with Gasteiger partial charge in [0, 0.05) is 6.54 Å². The average molecular weight is 316 g/mol. The summed E-state index contributed by atoms with van der Waals surface area (Å²) in [6, 6.07) is 6.12. The lowest BCUT2D eigenvalue weighted by molar-refractivity contribution is -0.122. The number of nitrogens with two attached hydrogens (primary N) is 1. The lowest BCUT2D eigenvalue weighted by atomic mass is 10.1. The third kappa shape index (κ3) is 5.80. The van der Waals surface area contributed by atoms with Crippen molar-refractivity contribution in [2.75, 3.05) is 19.8 Å². The molecular formula is C13H20N2O5S. The van der Waals surface area contributed by atoms with E-state index in [2.05, 4.69) is 4.72 Å². The fourth-order valence-corrected chi connectivity index (χ4v) is 2.70. The summed E-state index contributed by atoms with van der Waals surface area (Å²) in [5.74, 6) is -0.612. The van der Waals surface area contributed by atoms with Crippen molar-refractivity contribution in [2.45, 2.75) is 24.3 Å². The summed E-state index contributed by atoms with van der Waals surface area (Å²) in [5, 5.41) is 9.74. The zero-order valence-electron chi connectivity index (χ0n) is 11.8. The van der Waals surface area contributed by atoms with Crippen LogP contribution in [-0.2, 0) is 19.6 Å². The summed E-state index contributed by atoms with van der Waals surface area (Å²) >= 11 is 0. The highest BCUT2D eigenvalue weighted by atomic mass is 32.2. The van der Waals surface area contributed by atoms with E-state index in [1.54, 1.807) is 19.1 Å². The molecule has 1 atom stereocenters. The quantitative estimate of drug-likeness (QED) is 0.550. The molecule has 0 fully saturated rings. The molecule has 0 radical (unpaired) electrons. The van der Waals surface area contributed by atoms with E-state index in [1.165, 1.54) is 12.1 Å². The van der Waals surface area contributed by atoms with Crippen LogP contribution in [0, 0.1) is 0 Å². The second-order valence-corrected chi connectivity index (χ2v) is 6.18. The van der Waals surface area contributed by atoms with Crippen LogP contribution in [0.2, 0.25) is 0 Å². The molecule has 0 bridgehead atoms. The zero-order chi connectivity index (χ0) is 15.9. The number of hydrogen-bond donors (Lipinski definition) is 3. The van der Waals surface area contributed by atoms with Crippen LogP contribution in [0.25, 0.3) is 0 Å². The van der Waals surface area contributed by atoms with Crippen LogP contribution >= 0.6 is 0 Å².